The number of nitrogens with zero attached hydrogens (tertiary/aromatic N) is 1. The molecule has 0 amide bonds. The maximum Gasteiger partial charge on any atom is 0.149 e. The van der Waals surface area contributed by atoms with E-state index < -0.39 is 0 Å². The van der Waals surface area contributed by atoms with Gasteiger partial charge in [-0.05, 0) is 33.8 Å². The van der Waals surface area contributed by atoms with Gasteiger partial charge in [-0.15, -0.1) is 11.3 Å². The molecule has 2 rings (SSSR count). The lowest BCUT2D eigenvalue weighted by Crippen LogP contribution is -1.96. The topological polar surface area (TPSA) is 28.7 Å². The smallest absolute Gasteiger partial charge is 0.149 e. The molecule has 0 spiro atoms. The van der Waals surface area contributed by atoms with Gasteiger partial charge in [0, 0.05) is 5.69 Å². The molecule has 5 heteroatoms. The Morgan fingerprint density at radius 2 is 2.40 bits per heavy atom. The largest absolute Gasteiger partial charge is 0.341 e. The lowest BCUT2D eigenvalue weighted by Gasteiger charge is -2.04. The number of aryl methyl sites for hydroxylation is 1. The maximum absolute atomic E-state index is 5.20. The highest BCUT2D eigenvalue weighted by molar-refractivity contribution is 9.10. The molecule has 15 heavy (non-hydrogen) atoms. The summed E-state index contributed by atoms with van der Waals surface area (Å²) in [5.74, 6) is 0.857. The Labute approximate surface area is 106 Å². The van der Waals surface area contributed by atoms with E-state index in [1.165, 1.54) is 0 Å². The lowest BCUT2D eigenvalue weighted by molar-refractivity contribution is 0.986. The molecule has 0 aliphatic carbocycles. The van der Waals surface area contributed by atoms with E-state index in [2.05, 4.69) is 32.8 Å². The molecule has 0 unspecified atom stereocenters. The second-order valence-corrected chi connectivity index (χ2v) is 5.14. The van der Waals surface area contributed by atoms with Crippen molar-refractivity contribution in [3.8, 4) is 10.7 Å². The van der Waals surface area contributed by atoms with Crippen LogP contribution in [0.25, 0.3) is 10.7 Å². The Bertz CT molecular complexity index is 517. The van der Waals surface area contributed by atoms with Crippen molar-refractivity contribution in [2.24, 2.45) is 0 Å². The molecular weight excluding hydrogens is 292 g/mol. The predicted octanol–water partition coefficient (Wildman–Crippen LogP) is 4.19. The molecule has 2 aromatic rings. The maximum atomic E-state index is 5.20. The average molecular weight is 301 g/mol. The van der Waals surface area contributed by atoms with Crippen molar-refractivity contribution in [3.63, 3.8) is 0 Å². The van der Waals surface area contributed by atoms with E-state index >= 15 is 0 Å². The third-order valence-electron chi connectivity index (χ3n) is 2.04. The van der Waals surface area contributed by atoms with Crippen LogP contribution in [0.15, 0.2) is 22.0 Å². The van der Waals surface area contributed by atoms with E-state index in [1.54, 1.807) is 11.3 Å². The summed E-state index contributed by atoms with van der Waals surface area (Å²) in [5, 5.41) is 2.03. The van der Waals surface area contributed by atoms with Crippen LogP contribution in [0.4, 0.5) is 0 Å². The van der Waals surface area contributed by atoms with Gasteiger partial charge in [0.15, 0.2) is 0 Å². The molecular formula is C10H9BrN2S2. The van der Waals surface area contributed by atoms with Gasteiger partial charge in [-0.2, -0.15) is 0 Å². The first-order valence-electron chi connectivity index (χ1n) is 4.55. The molecule has 2 aromatic heterocycles. The Morgan fingerprint density at radius 3 is 3.00 bits per heavy atom. The monoisotopic (exact) mass is 300 g/mol. The van der Waals surface area contributed by atoms with Crippen LogP contribution in [-0.4, -0.2) is 9.97 Å². The van der Waals surface area contributed by atoms with Gasteiger partial charge >= 0.3 is 0 Å². The molecule has 0 radical (unpaired) electrons. The number of nitrogens with one attached hydrogen (secondary N) is 1. The molecule has 2 nitrogen and oxygen atoms in total. The standard InChI is InChI=1S/C10H9BrN2S2/c1-2-6-8(11)10(14)13-9(12-6)7-4-3-5-15-7/h3-5H,2H2,1H3,(H,12,13,14). The average Bonchev–Trinajstić information content (AvgIpc) is 2.75. The fourth-order valence-corrected chi connectivity index (χ4v) is 2.63. The Balaban J connectivity index is 2.61. The SMILES string of the molecule is CCc1[nH]c(-c2cccs2)nc(=S)c1Br. The predicted molar refractivity (Wildman–Crippen MR) is 69.8 cm³/mol. The van der Waals surface area contributed by atoms with Gasteiger partial charge < -0.3 is 4.98 Å². The minimum absolute atomic E-state index is 0.619. The molecule has 0 aliphatic rings. The van der Waals surface area contributed by atoms with E-state index in [0.29, 0.717) is 4.64 Å². The third-order valence-corrected chi connectivity index (χ3v) is 4.33. The first-order chi connectivity index (χ1) is 7.22. The Morgan fingerprint density at radius 1 is 1.60 bits per heavy atom. The normalized spacial score (nSPS) is 10.5. The zero-order chi connectivity index (χ0) is 10.8. The van der Waals surface area contributed by atoms with Crippen LogP contribution in [0, 0.1) is 4.64 Å². The number of hydrogen-bond acceptors (Lipinski definition) is 3. The molecule has 0 saturated heterocycles. The number of rotatable bonds is 2. The van der Waals surface area contributed by atoms with Crippen molar-refractivity contribution in [3.05, 3.63) is 32.3 Å². The summed E-state index contributed by atoms with van der Waals surface area (Å²) < 4.78 is 1.52. The highest BCUT2D eigenvalue weighted by atomic mass is 79.9. The van der Waals surface area contributed by atoms with Gasteiger partial charge in [0.1, 0.15) is 10.5 Å². The fraction of sp³-hybridized carbons (Fsp3) is 0.200. The fourth-order valence-electron chi connectivity index (χ4n) is 1.28. The van der Waals surface area contributed by atoms with E-state index in [4.69, 9.17) is 12.2 Å². The molecule has 2 heterocycles. The molecule has 0 fully saturated rings. The van der Waals surface area contributed by atoms with Gasteiger partial charge in [-0.25, -0.2) is 4.98 Å². The van der Waals surface area contributed by atoms with Crippen LogP contribution < -0.4 is 0 Å². The zero-order valence-electron chi connectivity index (χ0n) is 8.08. The van der Waals surface area contributed by atoms with Gasteiger partial charge in [-0.3, -0.25) is 0 Å². The first-order valence-corrected chi connectivity index (χ1v) is 6.63. The number of aromatic nitrogens is 2. The summed E-state index contributed by atoms with van der Waals surface area (Å²) in [4.78, 5) is 8.75. The van der Waals surface area contributed by atoms with Crippen molar-refractivity contribution in [2.75, 3.05) is 0 Å². The van der Waals surface area contributed by atoms with Crippen molar-refractivity contribution < 1.29 is 0 Å². The summed E-state index contributed by atoms with van der Waals surface area (Å²) in [5.41, 5.74) is 1.10. The summed E-state index contributed by atoms with van der Waals surface area (Å²) >= 11 is 10.3. The van der Waals surface area contributed by atoms with Crippen molar-refractivity contribution in [1.29, 1.82) is 0 Å². The second kappa shape index (κ2) is 4.55. The first kappa shape index (κ1) is 11.0. The second-order valence-electron chi connectivity index (χ2n) is 3.01. The quantitative estimate of drug-likeness (QED) is 0.842. The van der Waals surface area contributed by atoms with E-state index in [0.717, 1.165) is 27.3 Å². The van der Waals surface area contributed by atoms with Crippen LogP contribution in [0.2, 0.25) is 0 Å². The summed E-state index contributed by atoms with van der Waals surface area (Å²) in [6.45, 7) is 2.09. The van der Waals surface area contributed by atoms with E-state index in [9.17, 15) is 0 Å². The zero-order valence-corrected chi connectivity index (χ0v) is 11.3. The highest BCUT2D eigenvalue weighted by Crippen LogP contribution is 2.24. The van der Waals surface area contributed by atoms with E-state index in [1.807, 2.05) is 17.5 Å². The summed E-state index contributed by atoms with van der Waals surface area (Å²) in [6, 6.07) is 4.04. The van der Waals surface area contributed by atoms with Crippen LogP contribution in [0.3, 0.4) is 0 Å². The van der Waals surface area contributed by atoms with E-state index in [-0.39, 0.29) is 0 Å². The van der Waals surface area contributed by atoms with Crippen LogP contribution in [0.5, 0.6) is 0 Å². The highest BCUT2D eigenvalue weighted by Gasteiger charge is 2.06. The summed E-state index contributed by atoms with van der Waals surface area (Å²) in [7, 11) is 0. The van der Waals surface area contributed by atoms with Crippen molar-refractivity contribution in [1.82, 2.24) is 9.97 Å². The summed E-state index contributed by atoms with van der Waals surface area (Å²) in [6.07, 6.45) is 0.908. The molecule has 78 valence electrons. The Hall–Kier alpha value is -0.520. The van der Waals surface area contributed by atoms with Gasteiger partial charge in [0.25, 0.3) is 0 Å². The number of halogens is 1. The minimum Gasteiger partial charge on any atom is -0.341 e. The number of aromatic amines is 1. The van der Waals surface area contributed by atoms with Crippen molar-refractivity contribution >= 4 is 39.5 Å². The minimum atomic E-state index is 0.619. The number of thiophene rings is 1. The third kappa shape index (κ3) is 2.19. The number of H-pyrrole nitrogens is 1. The van der Waals surface area contributed by atoms with Crippen LogP contribution in [0.1, 0.15) is 12.6 Å². The molecule has 0 aliphatic heterocycles. The molecule has 0 atom stereocenters. The van der Waals surface area contributed by atoms with Crippen LogP contribution >= 0.6 is 39.5 Å². The number of hydrogen-bond donors (Lipinski definition) is 1. The molecule has 1 N–H and O–H groups in total. The Kier molecular flexibility index (Phi) is 3.33. The lowest BCUT2D eigenvalue weighted by atomic mass is 10.3. The molecule has 0 bridgehead atoms. The van der Waals surface area contributed by atoms with Gasteiger partial charge in [0.05, 0.1) is 9.35 Å². The molecule has 0 aromatic carbocycles. The van der Waals surface area contributed by atoms with Crippen molar-refractivity contribution in [2.45, 2.75) is 13.3 Å². The van der Waals surface area contributed by atoms with Crippen LogP contribution in [-0.2, 0) is 6.42 Å². The molecule has 0 saturated carbocycles. The van der Waals surface area contributed by atoms with Gasteiger partial charge in [0.2, 0.25) is 0 Å². The van der Waals surface area contributed by atoms with Gasteiger partial charge in [-0.1, -0.05) is 25.2 Å².